The van der Waals surface area contributed by atoms with Crippen LogP contribution in [-0.4, -0.2) is 21.1 Å². The Kier molecular flexibility index (Phi) is 5.20. The summed E-state index contributed by atoms with van der Waals surface area (Å²) < 4.78 is 28.7. The van der Waals surface area contributed by atoms with Gasteiger partial charge in [-0.3, -0.25) is 9.11 Å². The molecule has 0 saturated carbocycles. The van der Waals surface area contributed by atoms with Gasteiger partial charge in [0.2, 0.25) is 5.44 Å². The van der Waals surface area contributed by atoms with Crippen molar-refractivity contribution in [3.05, 3.63) is 54.6 Å². The van der Waals surface area contributed by atoms with Crippen LogP contribution in [0, 0.1) is 0 Å². The van der Waals surface area contributed by atoms with Crippen molar-refractivity contribution in [2.45, 2.75) is 11.9 Å². The van der Waals surface area contributed by atoms with Crippen molar-refractivity contribution in [3.63, 3.8) is 0 Å². The number of rotatable bonds is 3. The molecule has 7 heteroatoms. The van der Waals surface area contributed by atoms with E-state index in [1.54, 1.807) is 4.31 Å². The zero-order valence-electron chi connectivity index (χ0n) is 11.8. The van der Waals surface area contributed by atoms with Gasteiger partial charge in [-0.05, 0) is 30.8 Å². The van der Waals surface area contributed by atoms with Gasteiger partial charge in [-0.25, -0.2) is 4.31 Å². The van der Waals surface area contributed by atoms with Gasteiger partial charge in [-0.2, -0.15) is 0 Å². The highest BCUT2D eigenvalue weighted by Crippen LogP contribution is 2.61. The molecule has 0 fully saturated rings. The van der Waals surface area contributed by atoms with E-state index in [9.17, 15) is 9.11 Å². The molecule has 22 heavy (non-hydrogen) atoms. The monoisotopic (exact) mass is 342 g/mol. The summed E-state index contributed by atoms with van der Waals surface area (Å²) in [6.07, 6.45) is 0.375. The summed E-state index contributed by atoms with van der Waals surface area (Å²) in [5.41, 5.74) is 6.21. The zero-order chi connectivity index (χ0) is 14.9. The second-order valence-corrected chi connectivity index (χ2v) is 6.80. The molecule has 1 unspecified atom stereocenters. The van der Waals surface area contributed by atoms with E-state index in [0.29, 0.717) is 24.4 Å². The zero-order valence-corrected chi connectivity index (χ0v) is 13.5. The van der Waals surface area contributed by atoms with Gasteiger partial charge in [0.15, 0.2) is 0 Å². The smallest absolute Gasteiger partial charge is 0.207 e. The van der Waals surface area contributed by atoms with Crippen molar-refractivity contribution in [1.29, 1.82) is 0 Å². The number of hydrogen-bond donors (Lipinski definition) is 3. The van der Waals surface area contributed by atoms with Crippen LogP contribution in [-0.2, 0) is 0 Å². The summed E-state index contributed by atoms with van der Waals surface area (Å²) in [7, 11) is -3.16. The molecular weight excluding hydrogens is 324 g/mol. The van der Waals surface area contributed by atoms with E-state index in [4.69, 9.17) is 10.5 Å². The largest absolute Gasteiger partial charge is 0.466 e. The van der Waals surface area contributed by atoms with Crippen molar-refractivity contribution >= 4 is 34.6 Å². The molecule has 2 aromatic rings. The van der Waals surface area contributed by atoms with E-state index in [2.05, 4.69) is 0 Å². The van der Waals surface area contributed by atoms with Crippen molar-refractivity contribution in [3.8, 4) is 5.75 Å². The van der Waals surface area contributed by atoms with Gasteiger partial charge in [0, 0.05) is 6.42 Å². The van der Waals surface area contributed by atoms with Gasteiger partial charge in [0.05, 0.1) is 5.69 Å². The normalized spacial score (nSPS) is 20.3. The number of halogens is 1. The maximum atomic E-state index is 10.7. The lowest BCUT2D eigenvalue weighted by Gasteiger charge is -2.51. The Labute approximate surface area is 137 Å². The topological polar surface area (TPSA) is 79.0 Å². The van der Waals surface area contributed by atoms with Crippen LogP contribution in [0.2, 0.25) is 0 Å². The SMILES string of the molecule is Cl.NCCC1Oc2ccccc2N(c2ccccc2)S1(O)O. The summed E-state index contributed by atoms with van der Waals surface area (Å²) >= 11 is 0. The third kappa shape index (κ3) is 2.88. The molecule has 1 atom stereocenters. The maximum absolute atomic E-state index is 10.7. The first kappa shape index (κ1) is 16.9. The van der Waals surface area contributed by atoms with Crippen LogP contribution in [0.4, 0.5) is 11.4 Å². The Morgan fingerprint density at radius 3 is 2.36 bits per heavy atom. The standard InChI is InChI=1S/C15H18N2O3S.ClH/c16-11-10-15-20-14-9-5-4-8-13(14)17(21(15,18)19)12-6-2-1-3-7-12;/h1-9,15,18-19H,10-11,16H2;1H. The highest BCUT2D eigenvalue weighted by molar-refractivity contribution is 8.26. The molecule has 1 heterocycles. The number of para-hydroxylation sites is 3. The minimum Gasteiger partial charge on any atom is -0.466 e. The molecule has 3 rings (SSSR count). The number of anilines is 2. The van der Waals surface area contributed by atoms with E-state index < -0.39 is 16.2 Å². The lowest BCUT2D eigenvalue weighted by Crippen LogP contribution is -2.40. The molecule has 0 aromatic heterocycles. The van der Waals surface area contributed by atoms with Gasteiger partial charge in [-0.1, -0.05) is 41.1 Å². The van der Waals surface area contributed by atoms with E-state index in [1.807, 2.05) is 54.6 Å². The average Bonchev–Trinajstić information content (AvgIpc) is 2.49. The molecule has 0 saturated heterocycles. The van der Waals surface area contributed by atoms with Crippen molar-refractivity contribution < 1.29 is 13.8 Å². The number of nitrogens with zero attached hydrogens (tertiary/aromatic N) is 1. The highest BCUT2D eigenvalue weighted by atomic mass is 35.5. The Morgan fingerprint density at radius 1 is 1.05 bits per heavy atom. The van der Waals surface area contributed by atoms with Crippen LogP contribution >= 0.6 is 23.2 Å². The fourth-order valence-corrected chi connectivity index (χ4v) is 4.20. The molecule has 0 radical (unpaired) electrons. The summed E-state index contributed by atoms with van der Waals surface area (Å²) in [5.74, 6) is 0.631. The van der Waals surface area contributed by atoms with E-state index in [1.165, 1.54) is 0 Å². The predicted octanol–water partition coefficient (Wildman–Crippen LogP) is 3.98. The van der Waals surface area contributed by atoms with E-state index in [-0.39, 0.29) is 12.4 Å². The quantitative estimate of drug-likeness (QED) is 0.786. The van der Waals surface area contributed by atoms with Crippen molar-refractivity contribution in [1.82, 2.24) is 0 Å². The Morgan fingerprint density at radius 2 is 1.68 bits per heavy atom. The van der Waals surface area contributed by atoms with Crippen molar-refractivity contribution in [2.24, 2.45) is 5.73 Å². The minimum atomic E-state index is -3.16. The van der Waals surface area contributed by atoms with Crippen LogP contribution in [0.15, 0.2) is 54.6 Å². The van der Waals surface area contributed by atoms with Crippen LogP contribution in [0.25, 0.3) is 0 Å². The number of fused-ring (bicyclic) bond motifs is 1. The lowest BCUT2D eigenvalue weighted by molar-refractivity contribution is 0.241. The van der Waals surface area contributed by atoms with Gasteiger partial charge in [0.25, 0.3) is 0 Å². The van der Waals surface area contributed by atoms with Crippen LogP contribution < -0.4 is 14.8 Å². The third-order valence-corrected chi connectivity index (χ3v) is 5.34. The molecule has 1 aliphatic heterocycles. The van der Waals surface area contributed by atoms with Crippen LogP contribution in [0.5, 0.6) is 5.75 Å². The Balaban J connectivity index is 0.00000176. The highest BCUT2D eigenvalue weighted by Gasteiger charge is 2.40. The third-order valence-electron chi connectivity index (χ3n) is 3.36. The van der Waals surface area contributed by atoms with E-state index in [0.717, 1.165) is 5.69 Å². The molecule has 120 valence electrons. The minimum absolute atomic E-state index is 0. The van der Waals surface area contributed by atoms with Crippen molar-refractivity contribution in [2.75, 3.05) is 10.8 Å². The molecule has 0 amide bonds. The summed E-state index contributed by atoms with van der Waals surface area (Å²) in [4.78, 5) is 0. The Hall–Kier alpha value is -1.44. The summed E-state index contributed by atoms with van der Waals surface area (Å²) in [6.45, 7) is 0.325. The van der Waals surface area contributed by atoms with Gasteiger partial charge >= 0.3 is 0 Å². The second kappa shape index (κ2) is 6.76. The molecule has 4 N–H and O–H groups in total. The van der Waals surface area contributed by atoms with Crippen LogP contribution in [0.1, 0.15) is 6.42 Å². The van der Waals surface area contributed by atoms with Crippen LogP contribution in [0.3, 0.4) is 0 Å². The fraction of sp³-hybridized carbons (Fsp3) is 0.200. The predicted molar refractivity (Wildman–Crippen MR) is 93.2 cm³/mol. The molecule has 0 bridgehead atoms. The molecule has 1 aliphatic rings. The average molecular weight is 343 g/mol. The Bertz CT molecular complexity index is 627. The fourth-order valence-electron chi connectivity index (χ4n) is 2.40. The van der Waals surface area contributed by atoms with Gasteiger partial charge in [-0.15, -0.1) is 12.4 Å². The maximum Gasteiger partial charge on any atom is 0.207 e. The van der Waals surface area contributed by atoms with Gasteiger partial charge in [0.1, 0.15) is 11.4 Å². The van der Waals surface area contributed by atoms with E-state index >= 15 is 0 Å². The molecule has 0 aliphatic carbocycles. The molecule has 0 spiro atoms. The summed E-state index contributed by atoms with van der Waals surface area (Å²) in [6, 6.07) is 16.6. The number of hydrogen-bond acceptors (Lipinski definition) is 5. The number of nitrogens with two attached hydrogens (primary N) is 1. The first-order valence-corrected chi connectivity index (χ1v) is 8.29. The number of ether oxygens (including phenoxy) is 1. The van der Waals surface area contributed by atoms with Gasteiger partial charge < -0.3 is 10.5 Å². The first-order valence-electron chi connectivity index (χ1n) is 6.72. The molecular formula is C15H19ClN2O3S. The first-order chi connectivity index (χ1) is 10.1. The lowest BCUT2D eigenvalue weighted by atomic mass is 10.2. The second-order valence-electron chi connectivity index (χ2n) is 4.78. The summed E-state index contributed by atoms with van der Waals surface area (Å²) in [5, 5.41) is 0. The molecule has 5 nitrogen and oxygen atoms in total. The number of benzene rings is 2. The molecule has 2 aromatic carbocycles.